The second kappa shape index (κ2) is 9.46. The van der Waals surface area contributed by atoms with E-state index in [1.807, 2.05) is 54.7 Å². The zero-order valence-electron chi connectivity index (χ0n) is 20.2. The third kappa shape index (κ3) is 4.14. The van der Waals surface area contributed by atoms with Gasteiger partial charge in [-0.2, -0.15) is 0 Å². The van der Waals surface area contributed by atoms with Gasteiger partial charge in [-0.15, -0.1) is 0 Å². The summed E-state index contributed by atoms with van der Waals surface area (Å²) in [6, 6.07) is 17.6. The molecule has 0 bridgehead atoms. The standard InChI is InChI=1S/C27H28N4O3S/c1-17-14-21(18(2)30(17)16-20-8-7-13-34-20)26-25(22-9-5-6-12-28-22)29-27(35)31(26)23-11-10-19(32-3)15-24(23)33-4/h5-15,25-26H,16H2,1-4H3,(H,29,35)/t25-,26-/m0/s1. The van der Waals surface area contributed by atoms with Gasteiger partial charge < -0.3 is 28.7 Å². The van der Waals surface area contributed by atoms with Crippen LogP contribution in [0.2, 0.25) is 0 Å². The van der Waals surface area contributed by atoms with Crippen LogP contribution in [0.15, 0.2) is 71.5 Å². The van der Waals surface area contributed by atoms with Gasteiger partial charge in [-0.25, -0.2) is 0 Å². The molecule has 0 amide bonds. The summed E-state index contributed by atoms with van der Waals surface area (Å²) in [5, 5.41) is 4.14. The number of aromatic nitrogens is 2. The molecule has 2 atom stereocenters. The number of ether oxygens (including phenoxy) is 2. The van der Waals surface area contributed by atoms with Gasteiger partial charge in [0.15, 0.2) is 5.11 Å². The van der Waals surface area contributed by atoms with E-state index in [2.05, 4.69) is 39.7 Å². The molecule has 1 aliphatic rings. The third-order valence-corrected chi connectivity index (χ3v) is 6.88. The summed E-state index contributed by atoms with van der Waals surface area (Å²) in [7, 11) is 3.30. The van der Waals surface area contributed by atoms with Gasteiger partial charge in [0.25, 0.3) is 0 Å². The van der Waals surface area contributed by atoms with Crippen LogP contribution >= 0.6 is 12.2 Å². The van der Waals surface area contributed by atoms with Crippen molar-refractivity contribution >= 4 is 23.0 Å². The maximum atomic E-state index is 5.90. The lowest BCUT2D eigenvalue weighted by molar-refractivity contribution is 0.394. The molecule has 7 nitrogen and oxygen atoms in total. The van der Waals surface area contributed by atoms with Crippen LogP contribution in [-0.4, -0.2) is 28.9 Å². The first-order valence-electron chi connectivity index (χ1n) is 11.4. The van der Waals surface area contributed by atoms with Gasteiger partial charge in [-0.3, -0.25) is 4.98 Å². The highest BCUT2D eigenvalue weighted by molar-refractivity contribution is 7.80. The molecule has 1 N–H and O–H groups in total. The number of thiocarbonyl (C=S) groups is 1. The van der Waals surface area contributed by atoms with Crippen LogP contribution in [0.25, 0.3) is 0 Å². The number of aryl methyl sites for hydroxylation is 1. The lowest BCUT2D eigenvalue weighted by Gasteiger charge is -2.29. The number of hydrogen-bond donors (Lipinski definition) is 1. The fraction of sp³-hybridized carbons (Fsp3) is 0.259. The second-order valence-corrected chi connectivity index (χ2v) is 8.91. The quantitative estimate of drug-likeness (QED) is 0.353. The molecule has 0 aliphatic carbocycles. The summed E-state index contributed by atoms with van der Waals surface area (Å²) in [4.78, 5) is 6.80. The van der Waals surface area contributed by atoms with E-state index in [1.54, 1.807) is 20.5 Å². The molecule has 1 fully saturated rings. The zero-order chi connectivity index (χ0) is 24.5. The van der Waals surface area contributed by atoms with Crippen molar-refractivity contribution in [1.29, 1.82) is 0 Å². The van der Waals surface area contributed by atoms with E-state index >= 15 is 0 Å². The van der Waals surface area contributed by atoms with E-state index in [1.165, 1.54) is 0 Å². The molecule has 4 heterocycles. The number of nitrogens with one attached hydrogen (secondary N) is 1. The highest BCUT2D eigenvalue weighted by Gasteiger charge is 2.43. The number of pyridine rings is 1. The number of rotatable bonds is 7. The highest BCUT2D eigenvalue weighted by atomic mass is 32.1. The third-order valence-electron chi connectivity index (χ3n) is 6.57. The van der Waals surface area contributed by atoms with Crippen molar-refractivity contribution in [3.8, 4) is 11.5 Å². The Kier molecular flexibility index (Phi) is 6.21. The van der Waals surface area contributed by atoms with Crippen molar-refractivity contribution < 1.29 is 13.9 Å². The van der Waals surface area contributed by atoms with E-state index < -0.39 is 0 Å². The Morgan fingerprint density at radius 3 is 2.60 bits per heavy atom. The molecule has 0 spiro atoms. The molecular weight excluding hydrogens is 460 g/mol. The molecule has 180 valence electrons. The first-order valence-corrected chi connectivity index (χ1v) is 11.8. The SMILES string of the molecule is COc1ccc(N2C(=S)N[C@@H](c3ccccn3)[C@@H]2c2cc(C)n(Cc3ccco3)c2C)c(OC)c1. The molecular formula is C27H28N4O3S. The van der Waals surface area contributed by atoms with Crippen LogP contribution in [0.1, 0.15) is 40.5 Å². The zero-order valence-corrected chi connectivity index (χ0v) is 21.0. The summed E-state index contributed by atoms with van der Waals surface area (Å²) < 4.78 is 19.1. The molecule has 1 aromatic carbocycles. The number of anilines is 1. The Morgan fingerprint density at radius 2 is 1.91 bits per heavy atom. The van der Waals surface area contributed by atoms with Crippen molar-refractivity contribution in [1.82, 2.24) is 14.9 Å². The molecule has 8 heteroatoms. The molecule has 1 saturated heterocycles. The van der Waals surface area contributed by atoms with Crippen molar-refractivity contribution in [2.24, 2.45) is 0 Å². The van der Waals surface area contributed by atoms with Gasteiger partial charge in [0, 0.05) is 23.7 Å². The second-order valence-electron chi connectivity index (χ2n) is 8.53. The maximum absolute atomic E-state index is 5.90. The van der Waals surface area contributed by atoms with E-state index in [4.69, 9.17) is 26.1 Å². The monoisotopic (exact) mass is 488 g/mol. The number of methoxy groups -OCH3 is 2. The first kappa shape index (κ1) is 23.0. The molecule has 35 heavy (non-hydrogen) atoms. The number of hydrogen-bond acceptors (Lipinski definition) is 5. The number of furan rings is 1. The molecule has 0 unspecified atom stereocenters. The van der Waals surface area contributed by atoms with Crippen LogP contribution in [0, 0.1) is 13.8 Å². The van der Waals surface area contributed by atoms with E-state index in [-0.39, 0.29) is 12.1 Å². The van der Waals surface area contributed by atoms with Gasteiger partial charge in [0.2, 0.25) is 0 Å². The average molecular weight is 489 g/mol. The van der Waals surface area contributed by atoms with E-state index in [9.17, 15) is 0 Å². The summed E-state index contributed by atoms with van der Waals surface area (Å²) in [5.74, 6) is 2.32. The van der Waals surface area contributed by atoms with Gasteiger partial charge in [0.05, 0.1) is 50.5 Å². The summed E-state index contributed by atoms with van der Waals surface area (Å²) >= 11 is 5.90. The Hall–Kier alpha value is -3.78. The van der Waals surface area contributed by atoms with Crippen molar-refractivity contribution in [3.05, 3.63) is 95.5 Å². The Labute approximate surface area is 210 Å². The number of nitrogens with zero attached hydrogens (tertiary/aromatic N) is 3. The van der Waals surface area contributed by atoms with Gasteiger partial charge in [0.1, 0.15) is 17.3 Å². The molecule has 0 saturated carbocycles. The lowest BCUT2D eigenvalue weighted by Crippen LogP contribution is -2.30. The predicted octanol–water partition coefficient (Wildman–Crippen LogP) is 5.34. The minimum atomic E-state index is -0.145. The molecule has 5 rings (SSSR count). The lowest BCUT2D eigenvalue weighted by atomic mass is 9.96. The molecule has 3 aromatic heterocycles. The van der Waals surface area contributed by atoms with Crippen LogP contribution in [0.4, 0.5) is 5.69 Å². The Bertz CT molecular complexity index is 1330. The average Bonchev–Trinajstić information content (AvgIpc) is 3.59. The smallest absolute Gasteiger partial charge is 0.174 e. The molecule has 4 aromatic rings. The van der Waals surface area contributed by atoms with Crippen LogP contribution in [0.5, 0.6) is 11.5 Å². The van der Waals surface area contributed by atoms with Gasteiger partial charge in [-0.1, -0.05) is 6.07 Å². The minimum absolute atomic E-state index is 0.142. The highest BCUT2D eigenvalue weighted by Crippen LogP contribution is 2.46. The van der Waals surface area contributed by atoms with Crippen LogP contribution < -0.4 is 19.7 Å². The van der Waals surface area contributed by atoms with E-state index in [0.717, 1.165) is 39.8 Å². The fourth-order valence-corrected chi connectivity index (χ4v) is 5.18. The summed E-state index contributed by atoms with van der Waals surface area (Å²) in [6.45, 7) is 4.93. The fourth-order valence-electron chi connectivity index (χ4n) is 4.84. The molecule has 0 radical (unpaired) electrons. The first-order chi connectivity index (χ1) is 17.0. The summed E-state index contributed by atoms with van der Waals surface area (Å²) in [6.07, 6.45) is 3.52. The van der Waals surface area contributed by atoms with Crippen LogP contribution in [0.3, 0.4) is 0 Å². The Morgan fingerprint density at radius 1 is 1.06 bits per heavy atom. The van der Waals surface area contributed by atoms with Crippen molar-refractivity contribution in [2.45, 2.75) is 32.5 Å². The predicted molar refractivity (Wildman–Crippen MR) is 139 cm³/mol. The number of benzene rings is 1. The topological polar surface area (TPSA) is 64.7 Å². The maximum Gasteiger partial charge on any atom is 0.174 e. The van der Waals surface area contributed by atoms with Crippen molar-refractivity contribution in [2.75, 3.05) is 19.1 Å². The largest absolute Gasteiger partial charge is 0.497 e. The van der Waals surface area contributed by atoms with Gasteiger partial charge in [-0.05, 0) is 74.1 Å². The summed E-state index contributed by atoms with van der Waals surface area (Å²) in [5.41, 5.74) is 5.24. The van der Waals surface area contributed by atoms with E-state index in [0.29, 0.717) is 17.4 Å². The Balaban J connectivity index is 1.65. The minimum Gasteiger partial charge on any atom is -0.497 e. The van der Waals surface area contributed by atoms with Crippen molar-refractivity contribution in [3.63, 3.8) is 0 Å². The van der Waals surface area contributed by atoms with Crippen LogP contribution in [-0.2, 0) is 6.54 Å². The molecule has 1 aliphatic heterocycles. The normalized spacial score (nSPS) is 17.5. The van der Waals surface area contributed by atoms with Gasteiger partial charge >= 0.3 is 0 Å².